The van der Waals surface area contributed by atoms with Crippen molar-refractivity contribution in [3.8, 4) is 11.5 Å². The minimum absolute atomic E-state index is 0. The molecule has 0 aliphatic rings. The van der Waals surface area contributed by atoms with Gasteiger partial charge in [0.05, 0.1) is 18.7 Å². The van der Waals surface area contributed by atoms with E-state index >= 15 is 0 Å². The van der Waals surface area contributed by atoms with E-state index in [0.29, 0.717) is 10.8 Å². The van der Waals surface area contributed by atoms with Crippen LogP contribution in [0.5, 0.6) is 11.5 Å². The van der Waals surface area contributed by atoms with Crippen LogP contribution in [0.25, 0.3) is 5.52 Å². The molecule has 3 aromatic rings. The molecule has 0 saturated heterocycles. The lowest BCUT2D eigenvalue weighted by Crippen LogP contribution is -2.24. The Morgan fingerprint density at radius 2 is 1.92 bits per heavy atom. The van der Waals surface area contributed by atoms with E-state index < -0.39 is 16.7 Å². The van der Waals surface area contributed by atoms with Crippen molar-refractivity contribution < 1.29 is 9.84 Å². The Hall–Kier alpha value is -2.44. The highest BCUT2D eigenvalue weighted by Crippen LogP contribution is 2.25. The van der Waals surface area contributed by atoms with Gasteiger partial charge in [0.2, 0.25) is 5.43 Å². The van der Waals surface area contributed by atoms with Gasteiger partial charge in [0.25, 0.3) is 5.56 Å². The van der Waals surface area contributed by atoms with Crippen LogP contribution in [0.15, 0.2) is 52.4 Å². The molecule has 0 atom stereocenters. The summed E-state index contributed by atoms with van der Waals surface area (Å²) in [5.74, 6) is -0.0439. The molecule has 0 aliphatic carbocycles. The van der Waals surface area contributed by atoms with E-state index in [4.69, 9.17) is 16.3 Å². The molecular formula is C16H14Cl2N2O4. The normalized spacial score (nSPS) is 10.4. The molecule has 126 valence electrons. The van der Waals surface area contributed by atoms with Crippen LogP contribution in [0.3, 0.4) is 0 Å². The van der Waals surface area contributed by atoms with E-state index in [-0.39, 0.29) is 24.5 Å². The number of benzene rings is 1. The number of hydrogen-bond donors (Lipinski definition) is 1. The fourth-order valence-electron chi connectivity index (χ4n) is 2.36. The first-order valence-corrected chi connectivity index (χ1v) is 7.15. The van der Waals surface area contributed by atoms with Gasteiger partial charge in [-0.05, 0) is 17.7 Å². The van der Waals surface area contributed by atoms with Crippen LogP contribution >= 0.6 is 24.0 Å². The topological polar surface area (TPSA) is 72.9 Å². The minimum Gasteiger partial charge on any atom is -0.503 e. The van der Waals surface area contributed by atoms with E-state index in [0.717, 1.165) is 5.56 Å². The maximum Gasteiger partial charge on any atom is 0.279 e. The second-order valence-corrected chi connectivity index (χ2v) is 5.39. The number of pyridine rings is 1. The zero-order valence-electron chi connectivity index (χ0n) is 12.6. The van der Waals surface area contributed by atoms with Crippen molar-refractivity contribution in [2.75, 3.05) is 7.11 Å². The van der Waals surface area contributed by atoms with E-state index in [1.165, 1.54) is 28.3 Å². The number of ether oxygens (including phenoxy) is 1. The Kier molecular flexibility index (Phi) is 5.21. The van der Waals surface area contributed by atoms with Crippen LogP contribution in [0, 0.1) is 0 Å². The molecular weight excluding hydrogens is 355 g/mol. The van der Waals surface area contributed by atoms with Gasteiger partial charge in [0.1, 0.15) is 5.75 Å². The summed E-state index contributed by atoms with van der Waals surface area (Å²) in [4.78, 5) is 24.0. The van der Waals surface area contributed by atoms with Gasteiger partial charge in [-0.3, -0.25) is 9.59 Å². The van der Waals surface area contributed by atoms with Crippen molar-refractivity contribution in [3.63, 3.8) is 0 Å². The van der Waals surface area contributed by atoms with Crippen molar-refractivity contribution in [3.05, 3.63) is 74.0 Å². The second-order valence-electron chi connectivity index (χ2n) is 4.98. The number of methoxy groups -OCH3 is 1. The number of rotatable bonds is 3. The Bertz CT molecular complexity index is 1010. The maximum atomic E-state index is 12.5. The van der Waals surface area contributed by atoms with Gasteiger partial charge >= 0.3 is 0 Å². The van der Waals surface area contributed by atoms with Crippen molar-refractivity contribution in [1.29, 1.82) is 0 Å². The van der Waals surface area contributed by atoms with Gasteiger partial charge in [-0.1, -0.05) is 17.7 Å². The van der Waals surface area contributed by atoms with Crippen LogP contribution in [-0.4, -0.2) is 21.2 Å². The molecule has 8 heteroatoms. The predicted octanol–water partition coefficient (Wildman–Crippen LogP) is 2.30. The van der Waals surface area contributed by atoms with Crippen LogP contribution < -0.4 is 15.7 Å². The lowest BCUT2D eigenvalue weighted by atomic mass is 10.2. The van der Waals surface area contributed by atoms with Crippen molar-refractivity contribution in [2.45, 2.75) is 6.54 Å². The Labute approximate surface area is 147 Å². The predicted molar refractivity (Wildman–Crippen MR) is 93.9 cm³/mol. The molecule has 0 radical (unpaired) electrons. The fraction of sp³-hybridized carbons (Fsp3) is 0.125. The van der Waals surface area contributed by atoms with E-state index in [1.54, 1.807) is 30.6 Å². The van der Waals surface area contributed by atoms with Crippen LogP contribution in [-0.2, 0) is 6.54 Å². The highest BCUT2D eigenvalue weighted by atomic mass is 35.5. The summed E-state index contributed by atoms with van der Waals surface area (Å²) < 4.78 is 7.97. The molecule has 3 rings (SSSR count). The number of hydrogen-bond acceptors (Lipinski definition) is 4. The molecule has 0 aliphatic heterocycles. The number of aromatic nitrogens is 2. The summed E-state index contributed by atoms with van der Waals surface area (Å²) >= 11 is 5.98. The number of halogens is 2. The van der Waals surface area contributed by atoms with Crippen molar-refractivity contribution in [1.82, 2.24) is 8.97 Å². The number of aromatic hydroxyl groups is 1. The third-order valence-corrected chi connectivity index (χ3v) is 3.85. The van der Waals surface area contributed by atoms with E-state index in [1.807, 2.05) is 0 Å². The third kappa shape index (κ3) is 3.11. The zero-order valence-corrected chi connectivity index (χ0v) is 14.2. The van der Waals surface area contributed by atoms with Crippen LogP contribution in [0.2, 0.25) is 5.02 Å². The summed E-state index contributed by atoms with van der Waals surface area (Å²) in [6, 6.07) is 6.40. The minimum atomic E-state index is -0.590. The van der Waals surface area contributed by atoms with Crippen molar-refractivity contribution in [2.24, 2.45) is 0 Å². The van der Waals surface area contributed by atoms with Gasteiger partial charge in [0, 0.05) is 24.7 Å². The quantitative estimate of drug-likeness (QED) is 0.769. The summed E-state index contributed by atoms with van der Waals surface area (Å²) in [5.41, 5.74) is -0.305. The highest BCUT2D eigenvalue weighted by molar-refractivity contribution is 6.32. The third-order valence-electron chi connectivity index (χ3n) is 3.54. The first-order chi connectivity index (χ1) is 11.0. The summed E-state index contributed by atoms with van der Waals surface area (Å²) in [5, 5.41) is 10.3. The smallest absolute Gasteiger partial charge is 0.279 e. The lowest BCUT2D eigenvalue weighted by molar-refractivity contribution is 0.414. The van der Waals surface area contributed by atoms with E-state index in [2.05, 4.69) is 0 Å². The standard InChI is InChI=1S/C16H13ClN2O4.ClH/c1-23-13-8-10(2-3-11(13)17)9-19-7-6-18-5-4-12(20)15(21)14(18)16(19)22;/h2-8,21H,9H2,1H3;1H. The lowest BCUT2D eigenvalue weighted by Gasteiger charge is -2.10. The molecule has 2 heterocycles. The average Bonchev–Trinajstić information content (AvgIpc) is 2.55. The second kappa shape index (κ2) is 6.98. The summed E-state index contributed by atoms with van der Waals surface area (Å²) in [6.45, 7) is 0.255. The molecule has 24 heavy (non-hydrogen) atoms. The Morgan fingerprint density at radius 1 is 1.17 bits per heavy atom. The largest absolute Gasteiger partial charge is 0.503 e. The summed E-state index contributed by atoms with van der Waals surface area (Å²) in [6.07, 6.45) is 4.62. The van der Waals surface area contributed by atoms with Crippen LogP contribution in [0.4, 0.5) is 0 Å². The molecule has 1 aromatic carbocycles. The molecule has 0 spiro atoms. The molecule has 0 saturated carbocycles. The van der Waals surface area contributed by atoms with Gasteiger partial charge in [-0.25, -0.2) is 0 Å². The molecule has 0 amide bonds. The average molecular weight is 369 g/mol. The van der Waals surface area contributed by atoms with Gasteiger partial charge in [-0.2, -0.15) is 0 Å². The molecule has 1 N–H and O–H groups in total. The highest BCUT2D eigenvalue weighted by Gasteiger charge is 2.11. The monoisotopic (exact) mass is 368 g/mol. The molecule has 6 nitrogen and oxygen atoms in total. The zero-order chi connectivity index (χ0) is 16.6. The number of fused-ring (bicyclic) bond motifs is 1. The molecule has 0 bridgehead atoms. The maximum absolute atomic E-state index is 12.5. The molecule has 2 aromatic heterocycles. The van der Waals surface area contributed by atoms with Gasteiger partial charge in [0.15, 0.2) is 11.3 Å². The molecule has 0 fully saturated rings. The summed E-state index contributed by atoms with van der Waals surface area (Å²) in [7, 11) is 1.51. The Morgan fingerprint density at radius 3 is 2.62 bits per heavy atom. The number of nitrogens with zero attached hydrogens (tertiary/aromatic N) is 2. The fourth-order valence-corrected chi connectivity index (χ4v) is 2.55. The first-order valence-electron chi connectivity index (χ1n) is 6.77. The van der Waals surface area contributed by atoms with E-state index in [9.17, 15) is 14.7 Å². The van der Waals surface area contributed by atoms with Gasteiger partial charge in [-0.15, -0.1) is 12.4 Å². The molecule has 0 unspecified atom stereocenters. The Balaban J connectivity index is 0.00000208. The van der Waals surface area contributed by atoms with Crippen molar-refractivity contribution >= 4 is 29.5 Å². The first kappa shape index (κ1) is 17.9. The van der Waals surface area contributed by atoms with Gasteiger partial charge < -0.3 is 18.8 Å². The SMILES string of the molecule is COc1cc(Cn2ccn3ccc(=O)c(O)c3c2=O)ccc1Cl.Cl. The van der Waals surface area contributed by atoms with Crippen LogP contribution in [0.1, 0.15) is 5.56 Å².